The van der Waals surface area contributed by atoms with E-state index in [9.17, 15) is 9.18 Å². The maximum Gasteiger partial charge on any atom is 0.168 e. The van der Waals surface area contributed by atoms with Gasteiger partial charge in [0.2, 0.25) is 0 Å². The second-order valence-electron chi connectivity index (χ2n) is 4.54. The lowest BCUT2D eigenvalue weighted by Gasteiger charge is -2.06. The van der Waals surface area contributed by atoms with Crippen LogP contribution in [0.3, 0.4) is 0 Å². The van der Waals surface area contributed by atoms with Crippen LogP contribution in [0.25, 0.3) is 0 Å². The first-order valence-corrected chi connectivity index (χ1v) is 6.45. The lowest BCUT2D eigenvalue weighted by atomic mass is 10.1. The first-order chi connectivity index (χ1) is 9.55. The van der Waals surface area contributed by atoms with Gasteiger partial charge in [-0.05, 0) is 38.1 Å². The number of benzene rings is 1. The highest BCUT2D eigenvalue weighted by Crippen LogP contribution is 2.19. The lowest BCUT2D eigenvalue weighted by Crippen LogP contribution is -2.10. The van der Waals surface area contributed by atoms with Crippen LogP contribution in [-0.2, 0) is 13.0 Å². The van der Waals surface area contributed by atoms with Gasteiger partial charge in [0.25, 0.3) is 0 Å². The van der Waals surface area contributed by atoms with Crippen molar-refractivity contribution in [3.05, 3.63) is 47.0 Å². The molecule has 2 rings (SSSR count). The van der Waals surface area contributed by atoms with E-state index in [4.69, 9.17) is 4.74 Å². The highest BCUT2D eigenvalue weighted by Gasteiger charge is 2.14. The molecule has 1 aromatic heterocycles. The van der Waals surface area contributed by atoms with Crippen LogP contribution in [0, 0.1) is 12.7 Å². The summed E-state index contributed by atoms with van der Waals surface area (Å²) >= 11 is 0. The van der Waals surface area contributed by atoms with E-state index in [0.29, 0.717) is 12.1 Å². The third-order valence-electron chi connectivity index (χ3n) is 3.10. The molecule has 5 heteroatoms. The van der Waals surface area contributed by atoms with Gasteiger partial charge in [-0.1, -0.05) is 0 Å². The number of carbonyl (C=O) groups excluding carboxylic acids is 1. The lowest BCUT2D eigenvalue weighted by molar-refractivity contribution is 0.0990. The number of aryl methyl sites for hydroxylation is 2. The molecule has 2 aromatic rings. The molecule has 0 fully saturated rings. The van der Waals surface area contributed by atoms with Gasteiger partial charge >= 0.3 is 0 Å². The summed E-state index contributed by atoms with van der Waals surface area (Å²) < 4.78 is 20.2. The Morgan fingerprint density at radius 1 is 1.40 bits per heavy atom. The van der Waals surface area contributed by atoms with E-state index in [-0.39, 0.29) is 18.0 Å². The monoisotopic (exact) mass is 276 g/mol. The summed E-state index contributed by atoms with van der Waals surface area (Å²) in [4.78, 5) is 12.2. The quantitative estimate of drug-likeness (QED) is 0.789. The van der Waals surface area contributed by atoms with Gasteiger partial charge in [0, 0.05) is 17.8 Å². The van der Waals surface area contributed by atoms with Gasteiger partial charge < -0.3 is 4.74 Å². The molecule has 0 N–H and O–H groups in total. The number of rotatable bonds is 5. The maximum atomic E-state index is 13.6. The van der Waals surface area contributed by atoms with E-state index in [1.165, 1.54) is 19.2 Å². The molecule has 1 heterocycles. The highest BCUT2D eigenvalue weighted by molar-refractivity contribution is 5.97. The Morgan fingerprint density at radius 2 is 2.15 bits per heavy atom. The van der Waals surface area contributed by atoms with Gasteiger partial charge in [-0.15, -0.1) is 0 Å². The van der Waals surface area contributed by atoms with Gasteiger partial charge in [-0.25, -0.2) is 4.39 Å². The van der Waals surface area contributed by atoms with Crippen LogP contribution in [0.15, 0.2) is 24.3 Å². The first-order valence-electron chi connectivity index (χ1n) is 6.45. The second kappa shape index (κ2) is 5.86. The van der Waals surface area contributed by atoms with E-state index in [2.05, 4.69) is 5.10 Å². The molecule has 0 unspecified atom stereocenters. The Bertz CT molecular complexity index is 635. The van der Waals surface area contributed by atoms with Gasteiger partial charge in [0.15, 0.2) is 17.3 Å². The van der Waals surface area contributed by atoms with Crippen LogP contribution in [0.5, 0.6) is 5.75 Å². The Hall–Kier alpha value is -2.17. The molecular formula is C15H17FN2O2. The minimum atomic E-state index is -0.529. The maximum absolute atomic E-state index is 13.6. The van der Waals surface area contributed by atoms with Crippen molar-refractivity contribution in [2.75, 3.05) is 7.11 Å². The number of halogens is 1. The number of Topliss-reactive ketones (excluding diaryl/α,β-unsaturated/α-hetero) is 1. The number of aromatic nitrogens is 2. The number of ketones is 1. The van der Waals surface area contributed by atoms with E-state index < -0.39 is 5.82 Å². The Balaban J connectivity index is 2.21. The average molecular weight is 276 g/mol. The van der Waals surface area contributed by atoms with Gasteiger partial charge in [-0.2, -0.15) is 5.10 Å². The zero-order valence-electron chi connectivity index (χ0n) is 11.8. The summed E-state index contributed by atoms with van der Waals surface area (Å²) in [5.74, 6) is -0.532. The average Bonchev–Trinajstić information content (AvgIpc) is 2.78. The zero-order chi connectivity index (χ0) is 14.7. The number of carbonyl (C=O) groups is 1. The van der Waals surface area contributed by atoms with Crippen molar-refractivity contribution in [2.45, 2.75) is 26.8 Å². The van der Waals surface area contributed by atoms with Crippen LogP contribution in [0.2, 0.25) is 0 Å². The Kier molecular flexibility index (Phi) is 4.17. The van der Waals surface area contributed by atoms with Crippen molar-refractivity contribution < 1.29 is 13.9 Å². The number of nitrogens with zero attached hydrogens (tertiary/aromatic N) is 2. The zero-order valence-corrected chi connectivity index (χ0v) is 11.8. The third kappa shape index (κ3) is 2.87. The number of hydrogen-bond acceptors (Lipinski definition) is 3. The fourth-order valence-corrected chi connectivity index (χ4v) is 2.12. The molecule has 0 saturated carbocycles. The predicted molar refractivity (Wildman–Crippen MR) is 73.6 cm³/mol. The van der Waals surface area contributed by atoms with Crippen molar-refractivity contribution in [1.82, 2.24) is 9.78 Å². The summed E-state index contributed by atoms with van der Waals surface area (Å²) in [7, 11) is 1.39. The molecule has 0 amide bonds. The molecule has 0 aliphatic heterocycles. The fraction of sp³-hybridized carbons (Fsp3) is 0.333. The molecule has 20 heavy (non-hydrogen) atoms. The Morgan fingerprint density at radius 3 is 2.75 bits per heavy atom. The summed E-state index contributed by atoms with van der Waals surface area (Å²) in [5.41, 5.74) is 2.05. The molecule has 0 spiro atoms. The standard InChI is InChI=1S/C15H17FN2O2/c1-4-18-12(7-10(2)17-18)9-14(19)11-5-6-15(20-3)13(16)8-11/h5-8H,4,9H2,1-3H3. The van der Waals surface area contributed by atoms with Gasteiger partial charge in [0.1, 0.15) is 0 Å². The first kappa shape index (κ1) is 14.2. The van der Waals surface area contributed by atoms with E-state index in [1.54, 1.807) is 10.7 Å². The largest absolute Gasteiger partial charge is 0.494 e. The number of methoxy groups -OCH3 is 1. The van der Waals surface area contributed by atoms with Crippen LogP contribution < -0.4 is 4.74 Å². The fourth-order valence-electron chi connectivity index (χ4n) is 2.12. The molecule has 106 valence electrons. The summed E-state index contributed by atoms with van der Waals surface area (Å²) in [6.07, 6.45) is 0.209. The minimum Gasteiger partial charge on any atom is -0.494 e. The van der Waals surface area contributed by atoms with Crippen molar-refractivity contribution in [1.29, 1.82) is 0 Å². The van der Waals surface area contributed by atoms with Crippen molar-refractivity contribution >= 4 is 5.78 Å². The smallest absolute Gasteiger partial charge is 0.168 e. The second-order valence-corrected chi connectivity index (χ2v) is 4.54. The summed E-state index contributed by atoms with van der Waals surface area (Å²) in [5, 5.41) is 4.29. The molecule has 1 aromatic carbocycles. The van der Waals surface area contributed by atoms with Crippen molar-refractivity contribution in [3.63, 3.8) is 0 Å². The van der Waals surface area contributed by atoms with Crippen LogP contribution >= 0.6 is 0 Å². The normalized spacial score (nSPS) is 10.6. The van der Waals surface area contributed by atoms with Gasteiger partial charge in [0.05, 0.1) is 19.2 Å². The molecule has 0 bridgehead atoms. The number of ether oxygens (including phenoxy) is 1. The van der Waals surface area contributed by atoms with E-state index >= 15 is 0 Å². The molecule has 0 aliphatic carbocycles. The Labute approximate surface area is 117 Å². The minimum absolute atomic E-state index is 0.135. The molecule has 0 atom stereocenters. The van der Waals surface area contributed by atoms with E-state index in [0.717, 1.165) is 11.4 Å². The molecule has 0 saturated heterocycles. The van der Waals surface area contributed by atoms with E-state index in [1.807, 2.05) is 19.9 Å². The highest BCUT2D eigenvalue weighted by atomic mass is 19.1. The summed E-state index contributed by atoms with van der Waals surface area (Å²) in [6.45, 7) is 4.55. The topological polar surface area (TPSA) is 44.1 Å². The molecule has 0 radical (unpaired) electrons. The molecule has 4 nitrogen and oxygen atoms in total. The van der Waals surface area contributed by atoms with Crippen LogP contribution in [0.4, 0.5) is 4.39 Å². The predicted octanol–water partition coefficient (Wildman–Crippen LogP) is 2.78. The molecule has 0 aliphatic rings. The third-order valence-corrected chi connectivity index (χ3v) is 3.10. The summed E-state index contributed by atoms with van der Waals surface area (Å²) in [6, 6.07) is 6.12. The van der Waals surface area contributed by atoms with Crippen LogP contribution in [-0.4, -0.2) is 22.7 Å². The van der Waals surface area contributed by atoms with Gasteiger partial charge in [-0.3, -0.25) is 9.48 Å². The SMILES string of the molecule is CCn1nc(C)cc1CC(=O)c1ccc(OC)c(F)c1. The van der Waals surface area contributed by atoms with Crippen LogP contribution in [0.1, 0.15) is 28.7 Å². The van der Waals surface area contributed by atoms with Crippen molar-refractivity contribution in [2.24, 2.45) is 0 Å². The molecular weight excluding hydrogens is 259 g/mol. The van der Waals surface area contributed by atoms with Crippen molar-refractivity contribution in [3.8, 4) is 5.75 Å². The number of hydrogen-bond donors (Lipinski definition) is 0.